The van der Waals surface area contributed by atoms with Crippen LogP contribution >= 0.6 is 11.8 Å². The Bertz CT molecular complexity index is 581. The van der Waals surface area contributed by atoms with Crippen molar-refractivity contribution in [2.24, 2.45) is 5.16 Å². The highest BCUT2D eigenvalue weighted by molar-refractivity contribution is 8.14. The minimum atomic E-state index is -4.84. The van der Waals surface area contributed by atoms with E-state index in [0.29, 0.717) is 23.9 Å². The fourth-order valence-corrected chi connectivity index (χ4v) is 3.83. The van der Waals surface area contributed by atoms with Gasteiger partial charge in [-0.2, -0.15) is 8.42 Å². The molecule has 25 heavy (non-hydrogen) atoms. The summed E-state index contributed by atoms with van der Waals surface area (Å²) in [6.07, 6.45) is -3.92. The number of hydrogen-bond donors (Lipinski definition) is 5. The van der Waals surface area contributed by atoms with Gasteiger partial charge in [0.05, 0.1) is 6.61 Å². The Morgan fingerprint density at radius 1 is 1.28 bits per heavy atom. The summed E-state index contributed by atoms with van der Waals surface area (Å²) >= 11 is 0.687. The van der Waals surface area contributed by atoms with Crippen molar-refractivity contribution >= 4 is 38.0 Å². The molecule has 0 spiro atoms. The van der Waals surface area contributed by atoms with Gasteiger partial charge in [-0.3, -0.25) is 8.76 Å². The van der Waals surface area contributed by atoms with Gasteiger partial charge < -0.3 is 25.2 Å². The molecule has 0 radical (unpaired) electrons. The molecule has 0 amide bonds. The first kappa shape index (κ1) is 22.7. The number of nitrogens with zero attached hydrogens (tertiary/aromatic N) is 1. The third-order valence-electron chi connectivity index (χ3n) is 3.16. The number of rotatable bonds is 8. The molecule has 1 aliphatic rings. The van der Waals surface area contributed by atoms with Crippen molar-refractivity contribution in [3.05, 3.63) is 0 Å². The number of ether oxygens (including phenoxy) is 1. The predicted molar refractivity (Wildman–Crippen MR) is 89.6 cm³/mol. The number of hydrogen-bond acceptors (Lipinski definition) is 11. The molecular weight excluding hydrogens is 402 g/mol. The van der Waals surface area contributed by atoms with Crippen LogP contribution in [0.4, 0.5) is 0 Å². The highest BCUT2D eigenvalue weighted by Gasteiger charge is 2.44. The van der Waals surface area contributed by atoms with E-state index in [1.54, 1.807) is 0 Å². The number of oxime groups is 1. The maximum atomic E-state index is 11.1. The van der Waals surface area contributed by atoms with Gasteiger partial charge in [0.1, 0.15) is 34.9 Å². The van der Waals surface area contributed by atoms with Crippen molar-refractivity contribution in [1.29, 1.82) is 0 Å². The zero-order chi connectivity index (χ0) is 19.2. The summed E-state index contributed by atoms with van der Waals surface area (Å²) in [6.45, 7) is -0.620. The Kier molecular flexibility index (Phi) is 9.20. The van der Waals surface area contributed by atoms with Crippen LogP contribution < -0.4 is 0 Å². The van der Waals surface area contributed by atoms with Crippen LogP contribution in [0.2, 0.25) is 0 Å². The van der Waals surface area contributed by atoms with Gasteiger partial charge in [0.2, 0.25) is 0 Å². The normalized spacial score (nSPS) is 32.4. The third-order valence-corrected chi connectivity index (χ3v) is 5.46. The van der Waals surface area contributed by atoms with Gasteiger partial charge in [0, 0.05) is 29.2 Å². The summed E-state index contributed by atoms with van der Waals surface area (Å²) in [7, 11) is -5.94. The van der Waals surface area contributed by atoms with Crippen molar-refractivity contribution in [3.63, 3.8) is 0 Å². The number of aliphatic hydroxyl groups is 4. The second-order valence-corrected chi connectivity index (χ2v) is 8.91. The molecule has 0 aromatic carbocycles. The van der Waals surface area contributed by atoms with Crippen LogP contribution in [0, 0.1) is 0 Å². The number of thioether (sulfide) groups is 1. The molecule has 0 aromatic heterocycles. The molecule has 5 N–H and O–H groups in total. The van der Waals surface area contributed by atoms with Crippen molar-refractivity contribution in [2.45, 2.75) is 42.7 Å². The topological polar surface area (TPSA) is 183 Å². The first-order valence-corrected chi connectivity index (χ1v) is 11.0. The average molecular weight is 423 g/mol. The molecule has 148 valence electrons. The molecule has 1 fully saturated rings. The monoisotopic (exact) mass is 423 g/mol. The van der Waals surface area contributed by atoms with Crippen LogP contribution in [0.25, 0.3) is 0 Å². The summed E-state index contributed by atoms with van der Waals surface area (Å²) in [4.78, 5) is 0. The molecule has 0 aromatic rings. The minimum absolute atomic E-state index is 0.0209. The van der Waals surface area contributed by atoms with Crippen LogP contribution in [0.15, 0.2) is 5.16 Å². The van der Waals surface area contributed by atoms with Gasteiger partial charge >= 0.3 is 10.4 Å². The first-order valence-electron chi connectivity index (χ1n) is 7.05. The Balaban J connectivity index is 2.85. The Hall–Kier alpha value is -0.320. The summed E-state index contributed by atoms with van der Waals surface area (Å²) in [6, 6.07) is 0. The molecule has 6 atom stereocenters. The van der Waals surface area contributed by atoms with E-state index in [0.717, 1.165) is 0 Å². The van der Waals surface area contributed by atoms with Crippen LogP contribution in [-0.2, 0) is 30.2 Å². The lowest BCUT2D eigenvalue weighted by atomic mass is 10.0. The lowest BCUT2D eigenvalue weighted by Crippen LogP contribution is -2.57. The second kappa shape index (κ2) is 10.1. The largest absolute Gasteiger partial charge is 0.466 e. The molecule has 0 aliphatic carbocycles. The van der Waals surface area contributed by atoms with Crippen molar-refractivity contribution in [3.8, 4) is 0 Å². The lowest BCUT2D eigenvalue weighted by Gasteiger charge is -2.39. The standard InChI is InChI=1S/C11H21NO10S3/c1-24(17)4-2-3-7(12-22-25(18,19)20)23-11-10(16)9(15)8(14)6(5-13)21-11/h6,8-11,13-16H,2-5H2,1H3,(H,18,19,20)/b12-7+/t6-,8-,9+,10-,11+,24-/m0/s1. The molecular formula is C11H21NO10S3. The van der Waals surface area contributed by atoms with Gasteiger partial charge in [0.15, 0.2) is 0 Å². The second-order valence-electron chi connectivity index (χ2n) is 5.18. The SMILES string of the molecule is C[S@](=O)CCC/C(=N\OS(=O)(=O)O)S[C@H]1O[C@@H](CO)[C@H](O)[C@@H](O)[C@@H]1O. The third kappa shape index (κ3) is 7.84. The highest BCUT2D eigenvalue weighted by atomic mass is 32.3. The summed E-state index contributed by atoms with van der Waals surface area (Å²) < 4.78 is 50.2. The quantitative estimate of drug-likeness (QED) is 0.124. The average Bonchev–Trinajstić information content (AvgIpc) is 2.51. The van der Waals surface area contributed by atoms with Gasteiger partial charge in [-0.1, -0.05) is 16.9 Å². The van der Waals surface area contributed by atoms with Gasteiger partial charge in [-0.25, -0.2) is 4.28 Å². The molecule has 14 heteroatoms. The van der Waals surface area contributed by atoms with Crippen molar-refractivity contribution in [1.82, 2.24) is 0 Å². The van der Waals surface area contributed by atoms with E-state index in [1.807, 2.05) is 0 Å². The molecule has 0 unspecified atom stereocenters. The molecule has 1 heterocycles. The maximum absolute atomic E-state index is 11.1. The lowest BCUT2D eigenvalue weighted by molar-refractivity contribution is -0.205. The van der Waals surface area contributed by atoms with Gasteiger partial charge in [0.25, 0.3) is 0 Å². The fraction of sp³-hybridized carbons (Fsp3) is 0.909. The zero-order valence-electron chi connectivity index (χ0n) is 13.2. The van der Waals surface area contributed by atoms with Crippen LogP contribution in [0.1, 0.15) is 12.8 Å². The minimum Gasteiger partial charge on any atom is -0.394 e. The van der Waals surface area contributed by atoms with E-state index in [2.05, 4.69) is 9.44 Å². The first-order chi connectivity index (χ1) is 11.5. The van der Waals surface area contributed by atoms with Gasteiger partial charge in [-0.15, -0.1) is 0 Å². The molecule has 11 nitrogen and oxygen atoms in total. The fourth-order valence-electron chi connectivity index (χ4n) is 1.94. The van der Waals surface area contributed by atoms with Crippen LogP contribution in [0.5, 0.6) is 0 Å². The highest BCUT2D eigenvalue weighted by Crippen LogP contribution is 2.30. The predicted octanol–water partition coefficient (Wildman–Crippen LogP) is -2.19. The zero-order valence-corrected chi connectivity index (χ0v) is 15.6. The van der Waals surface area contributed by atoms with E-state index in [4.69, 9.17) is 14.4 Å². The molecule has 1 aliphatic heterocycles. The van der Waals surface area contributed by atoms with E-state index in [9.17, 15) is 27.9 Å². The van der Waals surface area contributed by atoms with Gasteiger partial charge in [-0.05, 0) is 6.42 Å². The van der Waals surface area contributed by atoms with E-state index < -0.39 is 57.7 Å². The van der Waals surface area contributed by atoms with Crippen LogP contribution in [-0.4, -0.2) is 91.1 Å². The molecule has 0 saturated carbocycles. The summed E-state index contributed by atoms with van der Waals surface area (Å²) in [5, 5.41) is 41.8. The van der Waals surface area contributed by atoms with E-state index in [-0.39, 0.29) is 11.5 Å². The smallest absolute Gasteiger partial charge is 0.394 e. The molecule has 1 saturated heterocycles. The van der Waals surface area contributed by atoms with Crippen molar-refractivity contribution in [2.75, 3.05) is 18.6 Å². The van der Waals surface area contributed by atoms with E-state index >= 15 is 0 Å². The van der Waals surface area contributed by atoms with E-state index in [1.165, 1.54) is 6.26 Å². The number of aliphatic hydroxyl groups excluding tert-OH is 4. The Labute approximate surface area is 151 Å². The van der Waals surface area contributed by atoms with Crippen molar-refractivity contribution < 1.29 is 46.6 Å². The molecule has 0 bridgehead atoms. The summed E-state index contributed by atoms with van der Waals surface area (Å²) in [5.41, 5.74) is -1.19. The Morgan fingerprint density at radius 2 is 1.92 bits per heavy atom. The maximum Gasteiger partial charge on any atom is 0.466 e. The molecule has 1 rings (SSSR count). The summed E-state index contributed by atoms with van der Waals surface area (Å²) in [5.74, 6) is 0.292. The van der Waals surface area contributed by atoms with Crippen LogP contribution in [0.3, 0.4) is 0 Å². The Morgan fingerprint density at radius 3 is 2.44 bits per heavy atom.